The number of amides is 1. The van der Waals surface area contributed by atoms with Crippen molar-refractivity contribution < 1.29 is 14.7 Å². The van der Waals surface area contributed by atoms with Crippen LogP contribution in [0, 0.1) is 5.41 Å². The Balaban J connectivity index is 2.17. The molecule has 1 atom stereocenters. The van der Waals surface area contributed by atoms with Crippen LogP contribution in [0.25, 0.3) is 0 Å². The maximum atomic E-state index is 12.2. The second-order valence-electron chi connectivity index (χ2n) is 4.81. The molecular weight excluding hydrogens is 250 g/mol. The Labute approximate surface area is 110 Å². The van der Waals surface area contributed by atoms with E-state index in [0.717, 1.165) is 0 Å². The summed E-state index contributed by atoms with van der Waals surface area (Å²) in [5, 5.41) is 15.4. The van der Waals surface area contributed by atoms with E-state index in [0.29, 0.717) is 25.8 Å². The number of H-pyrrole nitrogens is 1. The number of nitrogens with zero attached hydrogens (tertiary/aromatic N) is 3. The minimum absolute atomic E-state index is 0.000323. The summed E-state index contributed by atoms with van der Waals surface area (Å²) >= 11 is 0. The van der Waals surface area contributed by atoms with Gasteiger partial charge in [-0.15, -0.1) is 5.10 Å². The lowest BCUT2D eigenvalue weighted by Crippen LogP contribution is -2.49. The van der Waals surface area contributed by atoms with E-state index in [1.54, 1.807) is 0 Å². The van der Waals surface area contributed by atoms with E-state index in [-0.39, 0.29) is 24.2 Å². The van der Waals surface area contributed by atoms with Gasteiger partial charge in [-0.3, -0.25) is 14.7 Å². The highest BCUT2D eigenvalue weighted by Crippen LogP contribution is 2.34. The number of carbonyl (C=O) groups is 2. The van der Waals surface area contributed by atoms with E-state index in [4.69, 9.17) is 5.73 Å². The van der Waals surface area contributed by atoms with Crippen molar-refractivity contribution in [2.24, 2.45) is 5.41 Å². The summed E-state index contributed by atoms with van der Waals surface area (Å²) < 4.78 is 0. The van der Waals surface area contributed by atoms with Crippen LogP contribution in [0.4, 0.5) is 5.95 Å². The van der Waals surface area contributed by atoms with E-state index in [2.05, 4.69) is 15.2 Å². The molecule has 8 heteroatoms. The molecule has 2 rings (SSSR count). The zero-order valence-corrected chi connectivity index (χ0v) is 10.7. The fourth-order valence-corrected chi connectivity index (χ4v) is 2.44. The van der Waals surface area contributed by atoms with Gasteiger partial charge in [-0.05, 0) is 19.3 Å². The molecule has 1 aromatic rings. The number of aromatic amines is 1. The third-order valence-corrected chi connectivity index (χ3v) is 3.70. The van der Waals surface area contributed by atoms with Gasteiger partial charge in [0.05, 0.1) is 5.41 Å². The zero-order chi connectivity index (χ0) is 14.0. The van der Waals surface area contributed by atoms with Crippen LogP contribution in [-0.2, 0) is 4.79 Å². The maximum Gasteiger partial charge on any atom is 0.311 e. The SMILES string of the molecule is CCC1(C(=O)O)CCCN(C(=O)c2nc(N)n[nH]2)C1. The van der Waals surface area contributed by atoms with E-state index in [9.17, 15) is 14.7 Å². The van der Waals surface area contributed by atoms with Gasteiger partial charge in [-0.1, -0.05) is 6.92 Å². The largest absolute Gasteiger partial charge is 0.481 e. The Bertz CT molecular complexity index is 500. The first-order chi connectivity index (χ1) is 8.98. The highest BCUT2D eigenvalue weighted by molar-refractivity contribution is 5.91. The number of aliphatic carboxylic acids is 1. The zero-order valence-electron chi connectivity index (χ0n) is 10.7. The standard InChI is InChI=1S/C11H17N5O3/c1-2-11(9(18)19)4-3-5-16(6-11)8(17)7-13-10(12)15-14-7/h2-6H2,1H3,(H,18,19)(H3,12,13,14,15). The van der Waals surface area contributed by atoms with Gasteiger partial charge in [0.2, 0.25) is 11.8 Å². The predicted octanol–water partition coefficient (Wildman–Crippen LogP) is 0.104. The average molecular weight is 267 g/mol. The molecule has 8 nitrogen and oxygen atoms in total. The second kappa shape index (κ2) is 4.87. The van der Waals surface area contributed by atoms with Gasteiger partial charge in [0.1, 0.15) is 0 Å². The summed E-state index contributed by atoms with van der Waals surface area (Å²) in [5.41, 5.74) is 4.49. The molecule has 0 aromatic carbocycles. The Morgan fingerprint density at radius 3 is 2.84 bits per heavy atom. The predicted molar refractivity (Wildman–Crippen MR) is 66.3 cm³/mol. The lowest BCUT2D eigenvalue weighted by atomic mass is 9.77. The molecule has 1 unspecified atom stereocenters. The first-order valence-electron chi connectivity index (χ1n) is 6.19. The average Bonchev–Trinajstić information content (AvgIpc) is 2.84. The van der Waals surface area contributed by atoms with Gasteiger partial charge in [0.25, 0.3) is 5.91 Å². The topological polar surface area (TPSA) is 125 Å². The fraction of sp³-hybridized carbons (Fsp3) is 0.636. The molecule has 0 spiro atoms. The summed E-state index contributed by atoms with van der Waals surface area (Å²) in [7, 11) is 0. The van der Waals surface area contributed by atoms with Crippen LogP contribution in [0.3, 0.4) is 0 Å². The number of piperidine rings is 1. The maximum absolute atomic E-state index is 12.2. The molecule has 1 saturated heterocycles. The van der Waals surface area contributed by atoms with Gasteiger partial charge in [0.15, 0.2) is 0 Å². The molecule has 0 saturated carbocycles. The van der Waals surface area contributed by atoms with Gasteiger partial charge < -0.3 is 15.7 Å². The number of nitrogens with one attached hydrogen (secondary N) is 1. The van der Waals surface area contributed by atoms with Crippen LogP contribution >= 0.6 is 0 Å². The number of nitrogens with two attached hydrogens (primary N) is 1. The summed E-state index contributed by atoms with van der Waals surface area (Å²) in [4.78, 5) is 28.9. The van der Waals surface area contributed by atoms with Crippen LogP contribution in [-0.4, -0.2) is 50.2 Å². The molecule has 1 aromatic heterocycles. The first-order valence-corrected chi connectivity index (χ1v) is 6.19. The van der Waals surface area contributed by atoms with Crippen molar-refractivity contribution in [2.45, 2.75) is 26.2 Å². The Kier molecular flexibility index (Phi) is 3.41. The first kappa shape index (κ1) is 13.3. The molecular formula is C11H17N5O3. The highest BCUT2D eigenvalue weighted by atomic mass is 16.4. The van der Waals surface area contributed by atoms with Gasteiger partial charge in [-0.25, -0.2) is 0 Å². The summed E-state index contributed by atoms with van der Waals surface area (Å²) in [6, 6.07) is 0. The number of carboxylic acid groups (broad SMARTS) is 1. The number of hydrogen-bond donors (Lipinski definition) is 3. The third-order valence-electron chi connectivity index (χ3n) is 3.70. The Morgan fingerprint density at radius 2 is 2.32 bits per heavy atom. The normalized spacial score (nSPS) is 23.3. The smallest absolute Gasteiger partial charge is 0.311 e. The van der Waals surface area contributed by atoms with Crippen LogP contribution < -0.4 is 5.73 Å². The molecule has 4 N–H and O–H groups in total. The fourth-order valence-electron chi connectivity index (χ4n) is 2.44. The second-order valence-corrected chi connectivity index (χ2v) is 4.81. The van der Waals surface area contributed by atoms with Crippen molar-refractivity contribution >= 4 is 17.8 Å². The lowest BCUT2D eigenvalue weighted by molar-refractivity contribution is -0.152. The number of carboxylic acids is 1. The highest BCUT2D eigenvalue weighted by Gasteiger charge is 2.42. The Morgan fingerprint density at radius 1 is 1.58 bits per heavy atom. The molecule has 1 amide bonds. The number of nitrogen functional groups attached to an aromatic ring is 1. The number of carbonyl (C=O) groups excluding carboxylic acids is 1. The van der Waals surface area contributed by atoms with Gasteiger partial charge in [0, 0.05) is 13.1 Å². The van der Waals surface area contributed by atoms with E-state index in [1.807, 2.05) is 6.92 Å². The molecule has 0 aliphatic carbocycles. The van der Waals surface area contributed by atoms with Crippen molar-refractivity contribution in [1.29, 1.82) is 0 Å². The number of likely N-dealkylation sites (tertiary alicyclic amines) is 1. The Hall–Kier alpha value is -2.12. The van der Waals surface area contributed by atoms with Crippen LogP contribution in [0.1, 0.15) is 36.8 Å². The molecule has 1 fully saturated rings. The molecule has 19 heavy (non-hydrogen) atoms. The monoisotopic (exact) mass is 267 g/mol. The number of aromatic nitrogens is 3. The molecule has 0 bridgehead atoms. The quantitative estimate of drug-likeness (QED) is 0.713. The van der Waals surface area contributed by atoms with Crippen LogP contribution in [0.15, 0.2) is 0 Å². The number of rotatable bonds is 3. The molecule has 104 valence electrons. The number of anilines is 1. The lowest BCUT2D eigenvalue weighted by Gasteiger charge is -2.38. The number of hydrogen-bond acceptors (Lipinski definition) is 5. The van der Waals surface area contributed by atoms with Crippen molar-refractivity contribution in [1.82, 2.24) is 20.1 Å². The minimum Gasteiger partial charge on any atom is -0.481 e. The van der Waals surface area contributed by atoms with Gasteiger partial charge >= 0.3 is 5.97 Å². The minimum atomic E-state index is -0.862. The van der Waals surface area contributed by atoms with Gasteiger partial charge in [-0.2, -0.15) is 4.98 Å². The molecule has 0 radical (unpaired) electrons. The molecule has 2 heterocycles. The van der Waals surface area contributed by atoms with E-state index >= 15 is 0 Å². The van der Waals surface area contributed by atoms with Crippen molar-refractivity contribution in [3.63, 3.8) is 0 Å². The van der Waals surface area contributed by atoms with Crippen molar-refractivity contribution in [2.75, 3.05) is 18.8 Å². The van der Waals surface area contributed by atoms with Crippen LogP contribution in [0.2, 0.25) is 0 Å². The van der Waals surface area contributed by atoms with E-state index < -0.39 is 11.4 Å². The van der Waals surface area contributed by atoms with Crippen molar-refractivity contribution in [3.8, 4) is 0 Å². The summed E-state index contributed by atoms with van der Waals surface area (Å²) in [6.45, 7) is 2.54. The van der Waals surface area contributed by atoms with E-state index in [1.165, 1.54) is 4.90 Å². The third kappa shape index (κ3) is 2.38. The summed E-state index contributed by atoms with van der Waals surface area (Å²) in [6.07, 6.45) is 1.74. The van der Waals surface area contributed by atoms with Crippen molar-refractivity contribution in [3.05, 3.63) is 5.82 Å². The molecule has 1 aliphatic heterocycles. The summed E-state index contributed by atoms with van der Waals surface area (Å²) in [5.74, 6) is -1.16. The van der Waals surface area contributed by atoms with Crippen LogP contribution in [0.5, 0.6) is 0 Å². The molecule has 1 aliphatic rings.